The molecule has 4 bridgehead atoms. The van der Waals surface area contributed by atoms with E-state index in [1.54, 1.807) is 4.90 Å². The van der Waals surface area contributed by atoms with E-state index < -0.39 is 11.4 Å². The zero-order chi connectivity index (χ0) is 20.2. The predicted octanol–water partition coefficient (Wildman–Crippen LogP) is 3.36. The summed E-state index contributed by atoms with van der Waals surface area (Å²) in [5.41, 5.74) is 0.663. The van der Waals surface area contributed by atoms with Crippen LogP contribution in [-0.2, 0) is 10.2 Å². The predicted molar refractivity (Wildman–Crippen MR) is 108 cm³/mol. The Hall–Kier alpha value is -2.08. The Morgan fingerprint density at radius 3 is 2.21 bits per heavy atom. The lowest BCUT2D eigenvalue weighted by atomic mass is 9.43. The van der Waals surface area contributed by atoms with Crippen LogP contribution in [0.25, 0.3) is 0 Å². The minimum Gasteiger partial charge on any atom is -0.481 e. The summed E-state index contributed by atoms with van der Waals surface area (Å²) in [5, 5.41) is 9.96. The Kier molecular flexibility index (Phi) is 4.39. The number of likely N-dealkylation sites (N-methyl/N-ethyl adjacent to an activating group) is 1. The van der Waals surface area contributed by atoms with Crippen LogP contribution < -0.4 is 4.74 Å². The van der Waals surface area contributed by atoms with E-state index in [1.807, 2.05) is 12.1 Å². The van der Waals surface area contributed by atoms with E-state index in [4.69, 9.17) is 4.74 Å². The summed E-state index contributed by atoms with van der Waals surface area (Å²) in [6.45, 7) is 3.11. The highest BCUT2D eigenvalue weighted by atomic mass is 16.6. The van der Waals surface area contributed by atoms with Gasteiger partial charge in [0, 0.05) is 26.2 Å². The monoisotopic (exact) mass is 398 g/mol. The average molecular weight is 399 g/mol. The van der Waals surface area contributed by atoms with Gasteiger partial charge in [0.15, 0.2) is 0 Å². The quantitative estimate of drug-likeness (QED) is 0.846. The molecule has 2 atom stereocenters. The van der Waals surface area contributed by atoms with Crippen molar-refractivity contribution in [2.45, 2.75) is 43.9 Å². The van der Waals surface area contributed by atoms with Crippen LogP contribution in [-0.4, -0.2) is 60.2 Å². The molecule has 2 unspecified atom stereocenters. The molecule has 1 N–H and O–H groups in total. The first-order valence-corrected chi connectivity index (χ1v) is 10.9. The number of carboxylic acid groups (broad SMARTS) is 1. The van der Waals surface area contributed by atoms with Crippen LogP contribution >= 0.6 is 0 Å². The van der Waals surface area contributed by atoms with Gasteiger partial charge in [-0.25, -0.2) is 4.79 Å². The number of benzene rings is 1. The van der Waals surface area contributed by atoms with Gasteiger partial charge in [0.2, 0.25) is 0 Å². The SMILES string of the molecule is CN1CCN(C(=O)Oc2ccc(C34CC5CC(CC(C(=O)O)(C5)C3)C4)cc2)CC1. The van der Waals surface area contributed by atoms with Gasteiger partial charge in [0.25, 0.3) is 0 Å². The molecule has 1 amide bonds. The van der Waals surface area contributed by atoms with Crippen LogP contribution in [0.5, 0.6) is 5.75 Å². The van der Waals surface area contributed by atoms with Gasteiger partial charge < -0.3 is 19.6 Å². The van der Waals surface area contributed by atoms with Gasteiger partial charge in [0.05, 0.1) is 5.41 Å². The van der Waals surface area contributed by atoms with Crippen molar-refractivity contribution in [3.8, 4) is 5.75 Å². The Labute approximate surface area is 171 Å². The normalized spacial score (nSPS) is 36.2. The molecular formula is C23H30N2O4. The van der Waals surface area contributed by atoms with Gasteiger partial charge >= 0.3 is 12.1 Å². The summed E-state index contributed by atoms with van der Waals surface area (Å²) >= 11 is 0. The number of carbonyl (C=O) groups is 2. The largest absolute Gasteiger partial charge is 0.481 e. The van der Waals surface area contributed by atoms with E-state index in [0.717, 1.165) is 45.2 Å². The van der Waals surface area contributed by atoms with Crippen LogP contribution in [0.15, 0.2) is 24.3 Å². The number of amides is 1. The molecule has 0 aromatic heterocycles. The van der Waals surface area contributed by atoms with Crippen LogP contribution in [0.3, 0.4) is 0 Å². The van der Waals surface area contributed by atoms with Gasteiger partial charge in [-0.05, 0) is 80.5 Å². The van der Waals surface area contributed by atoms with Gasteiger partial charge in [-0.1, -0.05) is 12.1 Å². The van der Waals surface area contributed by atoms with Gasteiger partial charge in [-0.3, -0.25) is 4.79 Å². The second kappa shape index (κ2) is 6.73. The highest BCUT2D eigenvalue weighted by Gasteiger charge is 2.61. The molecule has 4 saturated carbocycles. The molecule has 5 fully saturated rings. The fourth-order valence-electron chi connectivity index (χ4n) is 6.88. The van der Waals surface area contributed by atoms with Crippen molar-refractivity contribution in [2.75, 3.05) is 33.2 Å². The molecule has 156 valence electrons. The highest BCUT2D eigenvalue weighted by Crippen LogP contribution is 2.65. The molecule has 1 heterocycles. The maximum absolute atomic E-state index is 12.4. The zero-order valence-corrected chi connectivity index (χ0v) is 17.1. The number of carboxylic acids is 1. The van der Waals surface area contributed by atoms with Gasteiger partial charge in [0.1, 0.15) is 5.75 Å². The standard InChI is InChI=1S/C23H30N2O4/c1-24-6-8-25(9-7-24)21(28)29-19-4-2-18(3-5-19)22-11-16-10-17(12-22)14-23(13-16,15-22)20(26)27/h2-5,16-17H,6-15H2,1H3,(H,26,27). The lowest BCUT2D eigenvalue weighted by Crippen LogP contribution is -2.56. The third-order valence-corrected chi connectivity index (χ3v) is 7.95. The lowest BCUT2D eigenvalue weighted by Gasteiger charge is -2.60. The Balaban J connectivity index is 1.32. The van der Waals surface area contributed by atoms with E-state index in [-0.39, 0.29) is 11.5 Å². The number of rotatable bonds is 3. The molecule has 6 rings (SSSR count). The second-order valence-electron chi connectivity index (χ2n) is 10.0. The summed E-state index contributed by atoms with van der Waals surface area (Å²) in [6, 6.07) is 7.90. The van der Waals surface area contributed by atoms with Crippen molar-refractivity contribution in [2.24, 2.45) is 17.3 Å². The minimum absolute atomic E-state index is 0.0253. The first-order chi connectivity index (χ1) is 13.9. The van der Waals surface area contributed by atoms with Crippen molar-refractivity contribution < 1.29 is 19.4 Å². The Morgan fingerprint density at radius 1 is 1.00 bits per heavy atom. The van der Waals surface area contributed by atoms with E-state index in [2.05, 4.69) is 24.1 Å². The first-order valence-electron chi connectivity index (χ1n) is 10.9. The first kappa shape index (κ1) is 18.9. The maximum atomic E-state index is 12.4. The van der Waals surface area contributed by atoms with Crippen LogP contribution in [0.2, 0.25) is 0 Å². The Morgan fingerprint density at radius 2 is 1.62 bits per heavy atom. The number of nitrogens with zero attached hydrogens (tertiary/aromatic N) is 2. The van der Waals surface area contributed by atoms with Crippen LogP contribution in [0, 0.1) is 17.3 Å². The van der Waals surface area contributed by atoms with Crippen molar-refractivity contribution in [3.05, 3.63) is 29.8 Å². The van der Waals surface area contributed by atoms with Gasteiger partial charge in [-0.15, -0.1) is 0 Å². The molecule has 1 aromatic carbocycles. The molecule has 6 heteroatoms. The molecular weight excluding hydrogens is 368 g/mol. The topological polar surface area (TPSA) is 70.1 Å². The molecule has 0 radical (unpaired) electrons. The molecule has 0 spiro atoms. The van der Waals surface area contributed by atoms with Crippen LogP contribution in [0.4, 0.5) is 4.79 Å². The summed E-state index contributed by atoms with van der Waals surface area (Å²) < 4.78 is 5.60. The van der Waals surface area contributed by atoms with E-state index in [1.165, 1.54) is 12.0 Å². The minimum atomic E-state index is -0.603. The number of hydrogen-bond donors (Lipinski definition) is 1. The fraction of sp³-hybridized carbons (Fsp3) is 0.652. The summed E-state index contributed by atoms with van der Waals surface area (Å²) in [7, 11) is 2.06. The van der Waals surface area contributed by atoms with E-state index in [0.29, 0.717) is 30.7 Å². The van der Waals surface area contributed by atoms with Crippen molar-refractivity contribution in [3.63, 3.8) is 0 Å². The van der Waals surface area contributed by atoms with Crippen LogP contribution in [0.1, 0.15) is 44.1 Å². The lowest BCUT2D eigenvalue weighted by molar-refractivity contribution is -0.167. The number of carbonyl (C=O) groups excluding carboxylic acids is 1. The summed E-state index contributed by atoms with van der Waals surface area (Å²) in [4.78, 5) is 28.5. The summed E-state index contributed by atoms with van der Waals surface area (Å²) in [5.74, 6) is 1.02. The van der Waals surface area contributed by atoms with Crippen molar-refractivity contribution >= 4 is 12.1 Å². The fourth-order valence-corrected chi connectivity index (χ4v) is 6.88. The zero-order valence-electron chi connectivity index (χ0n) is 17.1. The third-order valence-electron chi connectivity index (χ3n) is 7.95. The van der Waals surface area contributed by atoms with Crippen molar-refractivity contribution in [1.82, 2.24) is 9.80 Å². The smallest absolute Gasteiger partial charge is 0.415 e. The molecule has 4 aliphatic carbocycles. The second-order valence-corrected chi connectivity index (χ2v) is 10.0. The Bertz CT molecular complexity index is 799. The van der Waals surface area contributed by atoms with Gasteiger partial charge in [-0.2, -0.15) is 0 Å². The third kappa shape index (κ3) is 3.21. The van der Waals surface area contributed by atoms with E-state index in [9.17, 15) is 14.7 Å². The molecule has 5 aliphatic rings. The number of aliphatic carboxylic acids is 1. The molecule has 29 heavy (non-hydrogen) atoms. The average Bonchev–Trinajstić information content (AvgIpc) is 2.68. The van der Waals surface area contributed by atoms with E-state index >= 15 is 0 Å². The molecule has 1 aliphatic heterocycles. The number of hydrogen-bond acceptors (Lipinski definition) is 4. The highest BCUT2D eigenvalue weighted by molar-refractivity contribution is 5.76. The maximum Gasteiger partial charge on any atom is 0.415 e. The molecule has 6 nitrogen and oxygen atoms in total. The molecule has 1 aromatic rings. The summed E-state index contributed by atoms with van der Waals surface area (Å²) in [6.07, 6.45) is 5.55. The number of piperazine rings is 1. The number of ether oxygens (including phenoxy) is 1. The van der Waals surface area contributed by atoms with Crippen molar-refractivity contribution in [1.29, 1.82) is 0 Å². The molecule has 1 saturated heterocycles.